The Labute approximate surface area is 76.5 Å². The van der Waals surface area contributed by atoms with Crippen LogP contribution in [0.1, 0.15) is 58.8 Å². The van der Waals surface area contributed by atoms with Gasteiger partial charge < -0.3 is 5.11 Å². The van der Waals surface area contributed by atoms with Gasteiger partial charge in [-0.2, -0.15) is 0 Å². The van der Waals surface area contributed by atoms with Crippen molar-refractivity contribution >= 4 is 0 Å². The summed E-state index contributed by atoms with van der Waals surface area (Å²) in [5.41, 5.74) is 1.10. The van der Waals surface area contributed by atoms with Crippen LogP contribution in [-0.2, 0) is 0 Å². The van der Waals surface area contributed by atoms with Crippen LogP contribution in [0.5, 0.6) is 0 Å². The van der Waals surface area contributed by atoms with Crippen LogP contribution in [0.3, 0.4) is 0 Å². The third kappa shape index (κ3) is 7.64. The molecule has 0 radical (unpaired) electrons. The zero-order valence-electron chi connectivity index (χ0n) is 8.47. The summed E-state index contributed by atoms with van der Waals surface area (Å²) in [5.74, 6) is 0. The van der Waals surface area contributed by atoms with Gasteiger partial charge in [-0.25, -0.2) is 0 Å². The molecule has 0 unspecified atom stereocenters. The SMILES string of the molecule is CCCCCCCCC(C)=CO. The molecule has 0 saturated carbocycles. The van der Waals surface area contributed by atoms with Crippen molar-refractivity contribution in [1.82, 2.24) is 0 Å². The topological polar surface area (TPSA) is 20.2 Å². The molecule has 0 aromatic heterocycles. The lowest BCUT2D eigenvalue weighted by molar-refractivity contribution is 0.462. The highest BCUT2D eigenvalue weighted by atomic mass is 16.2. The van der Waals surface area contributed by atoms with Crippen molar-refractivity contribution in [2.45, 2.75) is 58.8 Å². The third-order valence-electron chi connectivity index (χ3n) is 2.15. The minimum absolute atomic E-state index is 1.06. The molecule has 1 N–H and O–H groups in total. The molecule has 0 aromatic carbocycles. The van der Waals surface area contributed by atoms with Gasteiger partial charge in [0.05, 0.1) is 6.26 Å². The summed E-state index contributed by atoms with van der Waals surface area (Å²) < 4.78 is 0. The summed E-state index contributed by atoms with van der Waals surface area (Å²) >= 11 is 0. The monoisotopic (exact) mass is 170 g/mol. The van der Waals surface area contributed by atoms with Crippen molar-refractivity contribution in [3.8, 4) is 0 Å². The van der Waals surface area contributed by atoms with Gasteiger partial charge >= 0.3 is 0 Å². The third-order valence-corrected chi connectivity index (χ3v) is 2.15. The van der Waals surface area contributed by atoms with Crippen molar-refractivity contribution < 1.29 is 5.11 Å². The van der Waals surface area contributed by atoms with E-state index < -0.39 is 0 Å². The van der Waals surface area contributed by atoms with Gasteiger partial charge in [0.2, 0.25) is 0 Å². The van der Waals surface area contributed by atoms with E-state index in [2.05, 4.69) is 6.92 Å². The Morgan fingerprint density at radius 1 is 1.08 bits per heavy atom. The number of allylic oxidation sites excluding steroid dienone is 1. The van der Waals surface area contributed by atoms with E-state index in [1.54, 1.807) is 0 Å². The predicted molar refractivity (Wildman–Crippen MR) is 54.4 cm³/mol. The van der Waals surface area contributed by atoms with Crippen LogP contribution in [0.2, 0.25) is 0 Å². The number of rotatable bonds is 7. The highest BCUT2D eigenvalue weighted by molar-refractivity contribution is 4.91. The first-order valence-electron chi connectivity index (χ1n) is 5.11. The van der Waals surface area contributed by atoms with Gasteiger partial charge in [-0.15, -0.1) is 0 Å². The molecule has 72 valence electrons. The largest absolute Gasteiger partial charge is 0.516 e. The molecule has 0 amide bonds. The Morgan fingerprint density at radius 3 is 2.25 bits per heavy atom. The predicted octanol–water partition coefficient (Wildman–Crippen LogP) is 4.20. The van der Waals surface area contributed by atoms with Crippen LogP contribution in [-0.4, -0.2) is 5.11 Å². The number of aliphatic hydroxyl groups is 1. The summed E-state index contributed by atoms with van der Waals surface area (Å²) in [5, 5.41) is 8.61. The van der Waals surface area contributed by atoms with Crippen molar-refractivity contribution in [2.24, 2.45) is 0 Å². The number of unbranched alkanes of at least 4 members (excludes halogenated alkanes) is 5. The summed E-state index contributed by atoms with van der Waals surface area (Å²) in [7, 11) is 0. The van der Waals surface area contributed by atoms with E-state index >= 15 is 0 Å². The summed E-state index contributed by atoms with van der Waals surface area (Å²) in [6.45, 7) is 4.21. The average Bonchev–Trinajstić information content (AvgIpc) is 2.10. The van der Waals surface area contributed by atoms with Crippen LogP contribution in [0, 0.1) is 0 Å². The molecule has 12 heavy (non-hydrogen) atoms. The molecule has 0 aromatic rings. The van der Waals surface area contributed by atoms with Gasteiger partial charge in [0.15, 0.2) is 0 Å². The normalized spacial score (nSPS) is 12.0. The fraction of sp³-hybridized carbons (Fsp3) is 0.818. The van der Waals surface area contributed by atoms with Gasteiger partial charge in [0, 0.05) is 0 Å². The molecule has 0 bridgehead atoms. The van der Waals surface area contributed by atoms with E-state index in [0.717, 1.165) is 12.0 Å². The van der Waals surface area contributed by atoms with E-state index in [1.807, 2.05) is 6.92 Å². The van der Waals surface area contributed by atoms with E-state index in [4.69, 9.17) is 5.11 Å². The molecule has 0 atom stereocenters. The van der Waals surface area contributed by atoms with Crippen LogP contribution in [0.4, 0.5) is 0 Å². The molecule has 0 aliphatic carbocycles. The highest BCUT2D eigenvalue weighted by Crippen LogP contribution is 2.10. The van der Waals surface area contributed by atoms with Crippen molar-refractivity contribution in [3.05, 3.63) is 11.8 Å². The number of aliphatic hydroxyl groups excluding tert-OH is 1. The lowest BCUT2D eigenvalue weighted by atomic mass is 10.1. The molecule has 1 nitrogen and oxygen atoms in total. The molecule has 0 saturated heterocycles. The van der Waals surface area contributed by atoms with Crippen LogP contribution >= 0.6 is 0 Å². The molecular weight excluding hydrogens is 148 g/mol. The smallest absolute Gasteiger partial charge is 0.0780 e. The lowest BCUT2D eigenvalue weighted by Gasteiger charge is -2.00. The molecular formula is C11H22O. The maximum Gasteiger partial charge on any atom is 0.0780 e. The second-order valence-electron chi connectivity index (χ2n) is 3.49. The van der Waals surface area contributed by atoms with Crippen LogP contribution < -0.4 is 0 Å². The Bertz CT molecular complexity index is 116. The minimum atomic E-state index is 1.06. The summed E-state index contributed by atoms with van der Waals surface area (Å²) in [4.78, 5) is 0. The molecule has 0 spiro atoms. The summed E-state index contributed by atoms with van der Waals surface area (Å²) in [6, 6.07) is 0. The van der Waals surface area contributed by atoms with Gasteiger partial charge in [-0.05, 0) is 25.3 Å². The maximum absolute atomic E-state index is 8.61. The second-order valence-corrected chi connectivity index (χ2v) is 3.49. The van der Waals surface area contributed by atoms with E-state index in [1.165, 1.54) is 44.8 Å². The zero-order valence-corrected chi connectivity index (χ0v) is 8.47. The Hall–Kier alpha value is -0.460. The lowest BCUT2D eigenvalue weighted by Crippen LogP contribution is -1.81. The fourth-order valence-corrected chi connectivity index (χ4v) is 1.25. The van der Waals surface area contributed by atoms with Gasteiger partial charge in [0.1, 0.15) is 0 Å². The first-order chi connectivity index (χ1) is 5.81. The summed E-state index contributed by atoms with van der Waals surface area (Å²) in [6.07, 6.45) is 10.2. The van der Waals surface area contributed by atoms with Crippen LogP contribution in [0.25, 0.3) is 0 Å². The van der Waals surface area contributed by atoms with Crippen molar-refractivity contribution in [1.29, 1.82) is 0 Å². The van der Waals surface area contributed by atoms with E-state index in [0.29, 0.717) is 0 Å². The minimum Gasteiger partial charge on any atom is -0.516 e. The number of hydrogen-bond acceptors (Lipinski definition) is 1. The van der Waals surface area contributed by atoms with E-state index in [9.17, 15) is 0 Å². The first kappa shape index (κ1) is 11.5. The van der Waals surface area contributed by atoms with Crippen LogP contribution in [0.15, 0.2) is 11.8 Å². The molecule has 0 aliphatic rings. The molecule has 1 heteroatoms. The first-order valence-corrected chi connectivity index (χ1v) is 5.11. The van der Waals surface area contributed by atoms with Gasteiger partial charge in [-0.1, -0.05) is 39.0 Å². The Balaban J connectivity index is 3.00. The van der Waals surface area contributed by atoms with Gasteiger partial charge in [-0.3, -0.25) is 0 Å². The zero-order chi connectivity index (χ0) is 9.23. The van der Waals surface area contributed by atoms with Crippen molar-refractivity contribution in [3.63, 3.8) is 0 Å². The molecule has 0 heterocycles. The van der Waals surface area contributed by atoms with E-state index in [-0.39, 0.29) is 0 Å². The second kappa shape index (κ2) is 8.63. The molecule has 0 rings (SSSR count). The average molecular weight is 170 g/mol. The molecule has 0 fully saturated rings. The van der Waals surface area contributed by atoms with Gasteiger partial charge in [0.25, 0.3) is 0 Å². The highest BCUT2D eigenvalue weighted by Gasteiger charge is 1.91. The number of hydrogen-bond donors (Lipinski definition) is 1. The fourth-order valence-electron chi connectivity index (χ4n) is 1.25. The molecule has 0 aliphatic heterocycles. The standard InChI is InChI=1S/C11H22O/c1-3-4-5-6-7-8-9-11(2)10-12/h10,12H,3-9H2,1-2H3. The maximum atomic E-state index is 8.61. The van der Waals surface area contributed by atoms with Crippen molar-refractivity contribution in [2.75, 3.05) is 0 Å². The quantitative estimate of drug-likeness (QED) is 0.448. The Kier molecular flexibility index (Phi) is 8.30. The Morgan fingerprint density at radius 2 is 1.67 bits per heavy atom.